The average molecular weight is 418 g/mol. The van der Waals surface area contributed by atoms with Crippen LogP contribution >= 0.6 is 11.6 Å². The number of hydrogen-bond donors (Lipinski definition) is 2. The van der Waals surface area contributed by atoms with Crippen molar-refractivity contribution >= 4 is 40.1 Å². The van der Waals surface area contributed by atoms with Crippen molar-refractivity contribution in [1.82, 2.24) is 9.88 Å². The molecular formula is C22H28ClN3O3. The molecule has 2 atom stereocenters. The molecule has 2 aromatic rings. The van der Waals surface area contributed by atoms with Crippen LogP contribution in [0.4, 0.5) is 5.69 Å². The topological polar surface area (TPSA) is 74.4 Å². The Morgan fingerprint density at radius 3 is 2.79 bits per heavy atom. The van der Waals surface area contributed by atoms with Crippen LogP contribution in [-0.2, 0) is 9.53 Å². The van der Waals surface area contributed by atoms with E-state index in [9.17, 15) is 9.59 Å². The zero-order chi connectivity index (χ0) is 21.0. The lowest BCUT2D eigenvalue weighted by atomic mass is 9.65. The minimum atomic E-state index is -0.529. The molecule has 2 aliphatic rings. The van der Waals surface area contributed by atoms with Gasteiger partial charge in [0.05, 0.1) is 19.3 Å². The molecule has 1 aliphatic heterocycles. The number of halogens is 1. The van der Waals surface area contributed by atoms with E-state index in [1.807, 2.05) is 0 Å². The number of carbonyl (C=O) groups is 2. The number of fused-ring (bicyclic) bond motifs is 3. The average Bonchev–Trinajstić information content (AvgIpc) is 3.07. The summed E-state index contributed by atoms with van der Waals surface area (Å²) in [5.74, 6) is -0.663. The molecule has 156 valence electrons. The lowest BCUT2D eigenvalue weighted by Gasteiger charge is -2.39. The van der Waals surface area contributed by atoms with Crippen molar-refractivity contribution in [3.8, 4) is 0 Å². The number of aromatic nitrogens is 1. The van der Waals surface area contributed by atoms with Crippen LogP contribution in [0.3, 0.4) is 0 Å². The van der Waals surface area contributed by atoms with Crippen LogP contribution in [0.1, 0.15) is 50.5 Å². The molecule has 1 aromatic heterocycles. The quantitative estimate of drug-likeness (QED) is 0.721. The molecule has 2 heterocycles. The summed E-state index contributed by atoms with van der Waals surface area (Å²) in [4.78, 5) is 30.5. The SMILES string of the molecule is COC(=O)c1[nH]c2ccc(Cl)cc2c1NC(=O)CN1C[C@]2(C)C[C@@H]1CC(C)(C)C2. The highest BCUT2D eigenvalue weighted by Crippen LogP contribution is 2.52. The Bertz CT molecular complexity index is 983. The van der Waals surface area contributed by atoms with Gasteiger partial charge in [0.1, 0.15) is 5.69 Å². The van der Waals surface area contributed by atoms with E-state index in [1.165, 1.54) is 13.5 Å². The lowest BCUT2D eigenvalue weighted by Crippen LogP contribution is -2.38. The Morgan fingerprint density at radius 1 is 1.31 bits per heavy atom. The highest BCUT2D eigenvalue weighted by molar-refractivity contribution is 6.31. The fraction of sp³-hybridized carbons (Fsp3) is 0.545. The first-order valence-corrected chi connectivity index (χ1v) is 10.4. The third-order valence-corrected chi connectivity index (χ3v) is 6.52. The molecule has 2 N–H and O–H groups in total. The van der Waals surface area contributed by atoms with Crippen molar-refractivity contribution in [2.45, 2.75) is 46.1 Å². The first kappa shape index (κ1) is 20.2. The van der Waals surface area contributed by atoms with E-state index in [0.717, 1.165) is 24.9 Å². The lowest BCUT2D eigenvalue weighted by molar-refractivity contribution is -0.117. The summed E-state index contributed by atoms with van der Waals surface area (Å²) >= 11 is 6.14. The number of nitrogens with one attached hydrogen (secondary N) is 2. The predicted molar refractivity (Wildman–Crippen MR) is 114 cm³/mol. The fourth-order valence-corrected chi connectivity index (χ4v) is 5.85. The fourth-order valence-electron chi connectivity index (χ4n) is 5.67. The van der Waals surface area contributed by atoms with Crippen LogP contribution in [0, 0.1) is 10.8 Å². The van der Waals surface area contributed by atoms with Crippen LogP contribution < -0.4 is 5.32 Å². The summed E-state index contributed by atoms with van der Waals surface area (Å²) in [5, 5.41) is 4.17. The van der Waals surface area contributed by atoms with Crippen LogP contribution in [-0.4, -0.2) is 48.0 Å². The molecule has 2 fully saturated rings. The van der Waals surface area contributed by atoms with Crippen molar-refractivity contribution < 1.29 is 14.3 Å². The van der Waals surface area contributed by atoms with Gasteiger partial charge in [0, 0.05) is 28.5 Å². The molecule has 4 rings (SSSR count). The summed E-state index contributed by atoms with van der Waals surface area (Å²) in [6.07, 6.45) is 3.42. The van der Waals surface area contributed by atoms with Gasteiger partial charge in [-0.2, -0.15) is 0 Å². The standard InChI is InChI=1S/C22H28ClN3O3/c1-21(2)8-14-9-22(3,11-21)12-26(14)10-17(27)25-18-15-7-13(23)5-6-16(15)24-19(18)20(28)29-4/h5-7,14,24H,8-12H2,1-4H3,(H,25,27)/t14-,22+/m0/s1. The zero-order valence-electron chi connectivity index (χ0n) is 17.4. The third-order valence-electron chi connectivity index (χ3n) is 6.28. The van der Waals surface area contributed by atoms with Crippen LogP contribution in [0.2, 0.25) is 5.02 Å². The molecule has 1 amide bonds. The first-order valence-electron chi connectivity index (χ1n) is 10.0. The van der Waals surface area contributed by atoms with E-state index in [0.29, 0.717) is 34.1 Å². The maximum absolute atomic E-state index is 13.0. The van der Waals surface area contributed by atoms with Crippen molar-refractivity contribution in [3.63, 3.8) is 0 Å². The van der Waals surface area contributed by atoms with Gasteiger partial charge in [-0.3, -0.25) is 9.69 Å². The molecule has 1 aromatic carbocycles. The highest BCUT2D eigenvalue weighted by Gasteiger charge is 2.49. The van der Waals surface area contributed by atoms with Gasteiger partial charge in [-0.15, -0.1) is 0 Å². The third kappa shape index (κ3) is 3.88. The Balaban J connectivity index is 1.57. The Morgan fingerprint density at radius 2 is 2.07 bits per heavy atom. The number of H-pyrrole nitrogens is 1. The van der Waals surface area contributed by atoms with Gasteiger partial charge in [0.25, 0.3) is 0 Å². The number of rotatable bonds is 4. The van der Waals surface area contributed by atoms with E-state index in [4.69, 9.17) is 16.3 Å². The van der Waals surface area contributed by atoms with E-state index in [2.05, 4.69) is 36.0 Å². The molecule has 0 spiro atoms. The van der Waals surface area contributed by atoms with E-state index in [1.54, 1.807) is 18.2 Å². The maximum atomic E-state index is 13.0. The van der Waals surface area contributed by atoms with Gasteiger partial charge < -0.3 is 15.0 Å². The number of ether oxygens (including phenoxy) is 1. The number of methoxy groups -OCH3 is 1. The summed E-state index contributed by atoms with van der Waals surface area (Å²) in [6, 6.07) is 5.68. The minimum Gasteiger partial charge on any atom is -0.464 e. The van der Waals surface area contributed by atoms with E-state index >= 15 is 0 Å². The van der Waals surface area contributed by atoms with Gasteiger partial charge in [-0.25, -0.2) is 4.79 Å². The van der Waals surface area contributed by atoms with E-state index < -0.39 is 5.97 Å². The van der Waals surface area contributed by atoms with E-state index in [-0.39, 0.29) is 17.0 Å². The summed E-state index contributed by atoms with van der Waals surface area (Å²) in [5.41, 5.74) is 1.93. The van der Waals surface area contributed by atoms with Gasteiger partial charge in [-0.05, 0) is 48.3 Å². The highest BCUT2D eigenvalue weighted by atomic mass is 35.5. The molecule has 0 radical (unpaired) electrons. The summed E-state index contributed by atoms with van der Waals surface area (Å²) < 4.78 is 4.88. The Kier molecular flexibility index (Phi) is 4.90. The number of benzene rings is 1. The first-order chi connectivity index (χ1) is 13.6. The predicted octanol–water partition coefficient (Wildman–Crippen LogP) is 4.45. The molecule has 7 heteroatoms. The molecular weight excluding hydrogens is 390 g/mol. The number of nitrogens with zero attached hydrogens (tertiary/aromatic N) is 1. The van der Waals surface area contributed by atoms with Gasteiger partial charge in [0.2, 0.25) is 5.91 Å². The molecule has 6 nitrogen and oxygen atoms in total. The second-order valence-electron chi connectivity index (χ2n) is 9.72. The van der Waals surface area contributed by atoms with Crippen molar-refractivity contribution in [2.24, 2.45) is 10.8 Å². The number of esters is 1. The normalized spacial score (nSPS) is 25.9. The van der Waals surface area contributed by atoms with Gasteiger partial charge in [-0.1, -0.05) is 32.4 Å². The second-order valence-corrected chi connectivity index (χ2v) is 10.2. The van der Waals surface area contributed by atoms with Crippen LogP contribution in [0.25, 0.3) is 10.9 Å². The number of amides is 1. The van der Waals surface area contributed by atoms with Crippen LogP contribution in [0.5, 0.6) is 0 Å². The summed E-state index contributed by atoms with van der Waals surface area (Å²) in [6.45, 7) is 8.21. The monoisotopic (exact) mass is 417 g/mol. The van der Waals surface area contributed by atoms with Crippen LogP contribution in [0.15, 0.2) is 18.2 Å². The number of anilines is 1. The maximum Gasteiger partial charge on any atom is 0.356 e. The molecule has 1 saturated heterocycles. The number of likely N-dealkylation sites (tertiary alicyclic amines) is 1. The van der Waals surface area contributed by atoms with Crippen molar-refractivity contribution in [2.75, 3.05) is 25.5 Å². The van der Waals surface area contributed by atoms with Crippen molar-refractivity contribution in [3.05, 3.63) is 28.9 Å². The largest absolute Gasteiger partial charge is 0.464 e. The number of carbonyl (C=O) groups excluding carboxylic acids is 2. The minimum absolute atomic E-state index is 0.134. The van der Waals surface area contributed by atoms with Gasteiger partial charge >= 0.3 is 5.97 Å². The number of hydrogen-bond acceptors (Lipinski definition) is 4. The molecule has 1 saturated carbocycles. The Hall–Kier alpha value is -2.05. The second kappa shape index (κ2) is 7.03. The molecule has 0 unspecified atom stereocenters. The zero-order valence-corrected chi connectivity index (χ0v) is 18.2. The number of aromatic amines is 1. The molecule has 1 aliphatic carbocycles. The molecule has 29 heavy (non-hydrogen) atoms. The Labute approximate surface area is 175 Å². The van der Waals surface area contributed by atoms with Gasteiger partial charge in [0.15, 0.2) is 0 Å². The summed E-state index contributed by atoms with van der Waals surface area (Å²) in [7, 11) is 1.32. The molecule has 2 bridgehead atoms. The van der Waals surface area contributed by atoms with Crippen molar-refractivity contribution in [1.29, 1.82) is 0 Å². The smallest absolute Gasteiger partial charge is 0.356 e.